The van der Waals surface area contributed by atoms with Gasteiger partial charge < -0.3 is 0 Å². The number of halogens is 2. The van der Waals surface area contributed by atoms with Crippen molar-refractivity contribution in [3.63, 3.8) is 0 Å². The minimum atomic E-state index is 1.19. The third-order valence-electron chi connectivity index (χ3n) is 1.47. The molecule has 0 aliphatic rings. The standard InChI is InChI=1S/C8H10Br2S/c1-2-3-4-6-5-7(9)8(10)11-6/h5H,2-4H2,1H3. The molecule has 0 amide bonds. The molecule has 62 valence electrons. The van der Waals surface area contributed by atoms with Crippen molar-refractivity contribution >= 4 is 43.2 Å². The fraction of sp³-hybridized carbons (Fsp3) is 0.500. The summed E-state index contributed by atoms with van der Waals surface area (Å²) in [6.07, 6.45) is 3.78. The molecule has 0 spiro atoms. The van der Waals surface area contributed by atoms with E-state index in [4.69, 9.17) is 0 Å². The Morgan fingerprint density at radius 3 is 2.64 bits per heavy atom. The van der Waals surface area contributed by atoms with Crippen LogP contribution in [-0.4, -0.2) is 0 Å². The molecule has 0 unspecified atom stereocenters. The van der Waals surface area contributed by atoms with Crippen molar-refractivity contribution in [2.45, 2.75) is 26.2 Å². The van der Waals surface area contributed by atoms with Crippen LogP contribution in [0.5, 0.6) is 0 Å². The Labute approximate surface area is 88.3 Å². The second-order valence-corrected chi connectivity index (χ2v) is 5.75. The zero-order valence-electron chi connectivity index (χ0n) is 6.36. The Morgan fingerprint density at radius 1 is 1.45 bits per heavy atom. The number of aryl methyl sites for hydroxylation is 1. The molecule has 0 nitrogen and oxygen atoms in total. The van der Waals surface area contributed by atoms with Crippen LogP contribution in [0, 0.1) is 0 Å². The number of thiophene rings is 1. The first-order valence-electron chi connectivity index (χ1n) is 3.67. The van der Waals surface area contributed by atoms with Gasteiger partial charge in [-0.3, -0.25) is 0 Å². The minimum Gasteiger partial charge on any atom is -0.132 e. The number of rotatable bonds is 3. The lowest BCUT2D eigenvalue weighted by Gasteiger charge is -1.90. The highest BCUT2D eigenvalue weighted by Crippen LogP contribution is 2.32. The van der Waals surface area contributed by atoms with E-state index in [9.17, 15) is 0 Å². The lowest BCUT2D eigenvalue weighted by Crippen LogP contribution is -1.76. The van der Waals surface area contributed by atoms with E-state index in [-0.39, 0.29) is 0 Å². The van der Waals surface area contributed by atoms with Gasteiger partial charge in [0.1, 0.15) is 0 Å². The SMILES string of the molecule is CCCCc1cc(Br)c(Br)s1. The van der Waals surface area contributed by atoms with E-state index in [1.807, 2.05) is 11.3 Å². The Morgan fingerprint density at radius 2 is 2.18 bits per heavy atom. The summed E-state index contributed by atoms with van der Waals surface area (Å²) in [7, 11) is 0. The van der Waals surface area contributed by atoms with Crippen LogP contribution in [0.3, 0.4) is 0 Å². The molecule has 3 heteroatoms. The summed E-state index contributed by atoms with van der Waals surface area (Å²) in [6.45, 7) is 2.22. The van der Waals surface area contributed by atoms with E-state index >= 15 is 0 Å². The first-order valence-corrected chi connectivity index (χ1v) is 6.08. The summed E-state index contributed by atoms with van der Waals surface area (Å²) < 4.78 is 2.40. The molecule has 1 heterocycles. The summed E-state index contributed by atoms with van der Waals surface area (Å²) in [5, 5.41) is 0. The fourth-order valence-corrected chi connectivity index (χ4v) is 3.08. The molecular formula is C8H10Br2S. The monoisotopic (exact) mass is 296 g/mol. The van der Waals surface area contributed by atoms with Gasteiger partial charge in [0, 0.05) is 9.35 Å². The maximum Gasteiger partial charge on any atom is 0.0843 e. The van der Waals surface area contributed by atoms with E-state index < -0.39 is 0 Å². The summed E-state index contributed by atoms with van der Waals surface area (Å²) >= 11 is 8.78. The quantitative estimate of drug-likeness (QED) is 0.764. The summed E-state index contributed by atoms with van der Waals surface area (Å²) in [6, 6.07) is 2.20. The molecule has 0 aliphatic carbocycles. The first kappa shape index (κ1) is 9.75. The Bertz CT molecular complexity index is 210. The van der Waals surface area contributed by atoms with Gasteiger partial charge in [-0.25, -0.2) is 0 Å². The predicted octanol–water partition coefficient (Wildman–Crippen LogP) is 4.62. The van der Waals surface area contributed by atoms with E-state index in [2.05, 4.69) is 44.8 Å². The van der Waals surface area contributed by atoms with Crippen molar-refractivity contribution in [1.29, 1.82) is 0 Å². The van der Waals surface area contributed by atoms with Gasteiger partial charge in [-0.05, 0) is 50.8 Å². The molecule has 0 aromatic carbocycles. The zero-order chi connectivity index (χ0) is 8.27. The van der Waals surface area contributed by atoms with Gasteiger partial charge >= 0.3 is 0 Å². The summed E-state index contributed by atoms with van der Waals surface area (Å²) in [5.74, 6) is 0. The van der Waals surface area contributed by atoms with E-state index in [1.54, 1.807) is 0 Å². The van der Waals surface area contributed by atoms with Crippen molar-refractivity contribution in [2.75, 3.05) is 0 Å². The van der Waals surface area contributed by atoms with Gasteiger partial charge in [0.15, 0.2) is 0 Å². The third kappa shape index (κ3) is 2.88. The second kappa shape index (κ2) is 4.63. The molecule has 0 atom stereocenters. The average molecular weight is 298 g/mol. The molecule has 0 saturated heterocycles. The second-order valence-electron chi connectivity index (χ2n) is 2.44. The van der Waals surface area contributed by atoms with Gasteiger partial charge in [0.05, 0.1) is 3.79 Å². The van der Waals surface area contributed by atoms with Gasteiger partial charge in [-0.2, -0.15) is 0 Å². The van der Waals surface area contributed by atoms with Gasteiger partial charge in [-0.15, -0.1) is 11.3 Å². The Hall–Kier alpha value is 0.660. The first-order chi connectivity index (χ1) is 5.24. The van der Waals surface area contributed by atoms with E-state index in [0.29, 0.717) is 0 Å². The smallest absolute Gasteiger partial charge is 0.0843 e. The van der Waals surface area contributed by atoms with E-state index in [0.717, 1.165) is 0 Å². The van der Waals surface area contributed by atoms with Crippen molar-refractivity contribution in [1.82, 2.24) is 0 Å². The maximum atomic E-state index is 3.48. The van der Waals surface area contributed by atoms with E-state index in [1.165, 1.54) is 32.4 Å². The fourth-order valence-electron chi connectivity index (χ4n) is 0.866. The maximum absolute atomic E-state index is 3.48. The largest absolute Gasteiger partial charge is 0.132 e. The molecule has 0 aliphatic heterocycles. The highest BCUT2D eigenvalue weighted by Gasteiger charge is 2.02. The van der Waals surface area contributed by atoms with Crippen LogP contribution in [0.15, 0.2) is 14.3 Å². The van der Waals surface area contributed by atoms with Crippen LogP contribution in [-0.2, 0) is 6.42 Å². The zero-order valence-corrected chi connectivity index (χ0v) is 10.4. The molecule has 1 aromatic rings. The van der Waals surface area contributed by atoms with Crippen molar-refractivity contribution < 1.29 is 0 Å². The van der Waals surface area contributed by atoms with Crippen molar-refractivity contribution in [2.24, 2.45) is 0 Å². The lowest BCUT2D eigenvalue weighted by molar-refractivity contribution is 0.804. The normalized spacial score (nSPS) is 10.5. The van der Waals surface area contributed by atoms with Crippen LogP contribution in [0.25, 0.3) is 0 Å². The average Bonchev–Trinajstić information content (AvgIpc) is 2.28. The molecule has 1 rings (SSSR count). The molecule has 0 fully saturated rings. The van der Waals surface area contributed by atoms with Crippen LogP contribution < -0.4 is 0 Å². The molecule has 0 radical (unpaired) electrons. The number of hydrogen-bond donors (Lipinski definition) is 0. The molecule has 1 aromatic heterocycles. The van der Waals surface area contributed by atoms with Crippen LogP contribution in [0.2, 0.25) is 0 Å². The van der Waals surface area contributed by atoms with Crippen LogP contribution in [0.1, 0.15) is 24.6 Å². The van der Waals surface area contributed by atoms with Crippen molar-refractivity contribution in [3.8, 4) is 0 Å². The lowest BCUT2D eigenvalue weighted by atomic mass is 10.2. The Balaban J connectivity index is 2.58. The van der Waals surface area contributed by atoms with Crippen LogP contribution in [0.4, 0.5) is 0 Å². The highest BCUT2D eigenvalue weighted by atomic mass is 79.9. The van der Waals surface area contributed by atoms with Crippen LogP contribution >= 0.6 is 43.2 Å². The highest BCUT2D eigenvalue weighted by molar-refractivity contribution is 9.13. The number of unbranched alkanes of at least 4 members (excludes halogenated alkanes) is 1. The summed E-state index contributed by atoms with van der Waals surface area (Å²) in [5.41, 5.74) is 0. The van der Waals surface area contributed by atoms with Gasteiger partial charge in [0.2, 0.25) is 0 Å². The molecule has 0 saturated carbocycles. The predicted molar refractivity (Wildman–Crippen MR) is 58.3 cm³/mol. The topological polar surface area (TPSA) is 0 Å². The molecule has 0 N–H and O–H groups in total. The van der Waals surface area contributed by atoms with Crippen molar-refractivity contribution in [3.05, 3.63) is 19.2 Å². The third-order valence-corrected chi connectivity index (χ3v) is 4.79. The van der Waals surface area contributed by atoms with Gasteiger partial charge in [-0.1, -0.05) is 13.3 Å². The Kier molecular flexibility index (Phi) is 4.10. The number of hydrogen-bond acceptors (Lipinski definition) is 1. The molecular weight excluding hydrogens is 288 g/mol. The molecule has 11 heavy (non-hydrogen) atoms. The minimum absolute atomic E-state index is 1.19. The van der Waals surface area contributed by atoms with Gasteiger partial charge in [0.25, 0.3) is 0 Å². The molecule has 0 bridgehead atoms. The summed E-state index contributed by atoms with van der Waals surface area (Å²) in [4.78, 5) is 1.46.